The number of aliphatic hydroxyl groups excluding tert-OH is 9. The Kier molecular flexibility index (Phi) is 35.3. The summed E-state index contributed by atoms with van der Waals surface area (Å²) >= 11 is 0. The minimum absolute atomic E-state index is 0.124. The third-order valence-electron chi connectivity index (χ3n) is 9.60. The third kappa shape index (κ3) is 36.1. The fourth-order valence-electron chi connectivity index (χ4n) is 6.06. The van der Waals surface area contributed by atoms with Crippen molar-refractivity contribution in [1.82, 2.24) is 0 Å². The molecule has 12 nitrogen and oxygen atoms in total. The number of carboxylic acid groups (broad SMARTS) is 1. The minimum atomic E-state index is -1.60. The van der Waals surface area contributed by atoms with Gasteiger partial charge < -0.3 is 51.1 Å². The fourth-order valence-corrected chi connectivity index (χ4v) is 6.06. The molecule has 0 aliphatic carbocycles. The number of carbonyl (C=O) groups is 2. The van der Waals surface area contributed by atoms with Crippen molar-refractivity contribution in [3.8, 4) is 47.9 Å². The van der Waals surface area contributed by atoms with Crippen molar-refractivity contribution in [3.05, 3.63) is 24.3 Å². The van der Waals surface area contributed by atoms with Crippen LogP contribution in [0.15, 0.2) is 24.3 Å². The maximum Gasteiger partial charge on any atom is 0.381 e. The van der Waals surface area contributed by atoms with Crippen molar-refractivity contribution < 1.29 is 60.7 Å². The molecule has 0 aromatic carbocycles. The molecule has 59 heavy (non-hydrogen) atoms. The topological polar surface area (TPSA) is 236 Å². The number of aliphatic hydroxyl groups is 9. The number of unbranched alkanes of at least 4 members (excludes halogenated alkanes) is 12. The molecule has 0 aliphatic heterocycles. The number of carbonyl (C=O) groups excluding carboxylic acids is 1. The first-order valence-corrected chi connectivity index (χ1v) is 21.4. The van der Waals surface area contributed by atoms with E-state index in [-0.39, 0.29) is 12.2 Å². The molecule has 0 rings (SSSR count). The van der Waals surface area contributed by atoms with Crippen LogP contribution in [0.3, 0.4) is 0 Å². The molecule has 9 unspecified atom stereocenters. The summed E-state index contributed by atoms with van der Waals surface area (Å²) < 4.78 is 0. The smallest absolute Gasteiger partial charge is 0.381 e. The summed E-state index contributed by atoms with van der Waals surface area (Å²) in [6.45, 7) is 0. The molecule has 0 saturated carbocycles. The zero-order valence-electron chi connectivity index (χ0n) is 34.8. The molecule has 0 fully saturated rings. The quantitative estimate of drug-likeness (QED) is 0.0257. The van der Waals surface area contributed by atoms with Gasteiger partial charge in [-0.2, -0.15) is 0 Å². The maximum absolute atomic E-state index is 12.2. The van der Waals surface area contributed by atoms with Crippen LogP contribution in [0.5, 0.6) is 0 Å². The van der Waals surface area contributed by atoms with E-state index in [1.165, 1.54) is 12.2 Å². The summed E-state index contributed by atoms with van der Waals surface area (Å²) in [4.78, 5) is 22.6. The molecule has 0 bridgehead atoms. The molecule has 10 N–H and O–H groups in total. The zero-order chi connectivity index (χ0) is 44.1. The summed E-state index contributed by atoms with van der Waals surface area (Å²) in [6, 6.07) is 0. The predicted octanol–water partition coefficient (Wildman–Crippen LogP) is 4.01. The van der Waals surface area contributed by atoms with Gasteiger partial charge in [-0.3, -0.25) is 4.79 Å². The van der Waals surface area contributed by atoms with Crippen molar-refractivity contribution in [3.63, 3.8) is 0 Å². The van der Waals surface area contributed by atoms with Crippen LogP contribution in [-0.2, 0) is 9.59 Å². The molecule has 0 aliphatic rings. The van der Waals surface area contributed by atoms with E-state index in [0.717, 1.165) is 89.9 Å². The standard InChI is InChI=1S/C47H72O12/c1-2-37(48)31-32-41(52)27-19-25-40(51)26-20-29-43(54)34-33-42(53)28-18-24-39(50)23-16-12-9-11-15-22-38(49)21-14-10-7-5-3-4-6-8-13-17-30-44(55)47(59)45(56)35-36-46(57)58/h1,15,22,31-32,37-38,40-45,47-49,51-56,59H,3-14,16-19,21,23-28,30H2,(H,57,58)/b22-15+,32-31+. The van der Waals surface area contributed by atoms with Crippen molar-refractivity contribution in [2.24, 2.45) is 0 Å². The molecule has 0 amide bonds. The van der Waals surface area contributed by atoms with Crippen molar-refractivity contribution in [2.75, 3.05) is 0 Å². The number of hydrogen-bond donors (Lipinski definition) is 10. The van der Waals surface area contributed by atoms with Gasteiger partial charge >= 0.3 is 5.97 Å². The van der Waals surface area contributed by atoms with E-state index >= 15 is 0 Å². The highest BCUT2D eigenvalue weighted by molar-refractivity contribution is 5.86. The predicted molar refractivity (Wildman–Crippen MR) is 228 cm³/mol. The zero-order valence-corrected chi connectivity index (χ0v) is 34.8. The van der Waals surface area contributed by atoms with Gasteiger partial charge in [0, 0.05) is 25.2 Å². The van der Waals surface area contributed by atoms with Gasteiger partial charge in [0.1, 0.15) is 30.2 Å². The van der Waals surface area contributed by atoms with Crippen LogP contribution >= 0.6 is 0 Å². The molecule has 0 heterocycles. The van der Waals surface area contributed by atoms with Crippen molar-refractivity contribution >= 4 is 11.8 Å². The van der Waals surface area contributed by atoms with Crippen LogP contribution in [0.1, 0.15) is 154 Å². The molecule has 0 spiro atoms. The second-order valence-corrected chi connectivity index (χ2v) is 15.1. The number of hydrogen-bond acceptors (Lipinski definition) is 11. The van der Waals surface area contributed by atoms with E-state index in [1.54, 1.807) is 5.92 Å². The molecule has 0 saturated heterocycles. The molecule has 9 atom stereocenters. The maximum atomic E-state index is 12.2. The van der Waals surface area contributed by atoms with Crippen LogP contribution < -0.4 is 0 Å². The van der Waals surface area contributed by atoms with Crippen LogP contribution in [0.2, 0.25) is 0 Å². The second-order valence-electron chi connectivity index (χ2n) is 15.1. The Morgan fingerprint density at radius 3 is 1.78 bits per heavy atom. The number of rotatable bonds is 33. The van der Waals surface area contributed by atoms with Gasteiger partial charge in [0.2, 0.25) is 0 Å². The third-order valence-corrected chi connectivity index (χ3v) is 9.60. The Labute approximate surface area is 352 Å². The lowest BCUT2D eigenvalue weighted by molar-refractivity contribution is -0.130. The molecular weight excluding hydrogens is 757 g/mol. The average molecular weight is 829 g/mol. The van der Waals surface area contributed by atoms with E-state index < -0.39 is 60.9 Å². The molecule has 332 valence electrons. The Morgan fingerprint density at radius 2 is 1.14 bits per heavy atom. The first-order chi connectivity index (χ1) is 28.2. The monoisotopic (exact) mass is 829 g/mol. The van der Waals surface area contributed by atoms with Gasteiger partial charge in [0.05, 0.1) is 24.4 Å². The molecule has 12 heteroatoms. The highest BCUT2D eigenvalue weighted by Crippen LogP contribution is 2.15. The first kappa shape index (κ1) is 55.5. The lowest BCUT2D eigenvalue weighted by Gasteiger charge is -2.19. The van der Waals surface area contributed by atoms with Gasteiger partial charge in [-0.05, 0) is 70.3 Å². The van der Waals surface area contributed by atoms with Crippen LogP contribution in [0, 0.1) is 47.9 Å². The fraction of sp³-hybridized carbons (Fsp3) is 0.702. The average Bonchev–Trinajstić information content (AvgIpc) is 3.20. The van der Waals surface area contributed by atoms with E-state index in [0.29, 0.717) is 57.8 Å². The van der Waals surface area contributed by atoms with Gasteiger partial charge in [-0.1, -0.05) is 124 Å². The lowest BCUT2D eigenvalue weighted by Crippen LogP contribution is -2.36. The van der Waals surface area contributed by atoms with E-state index in [4.69, 9.17) is 11.5 Å². The highest BCUT2D eigenvalue weighted by atomic mass is 16.4. The Hall–Kier alpha value is -3.50. The SMILES string of the molecule is C#CC(O)/C=C/C(O)CCCC(O)CC#CC(O)C#CC(O)CCCC(=O)CCCCC/C=C/C(O)CCCCCCCCCCCCC(O)C(O)C(O)C#CC(=O)O. The molecule has 0 radical (unpaired) electrons. The number of carboxylic acids is 1. The highest BCUT2D eigenvalue weighted by Gasteiger charge is 2.22. The van der Waals surface area contributed by atoms with Gasteiger partial charge in [0.15, 0.2) is 6.10 Å². The van der Waals surface area contributed by atoms with Gasteiger partial charge in [-0.15, -0.1) is 6.42 Å². The van der Waals surface area contributed by atoms with Crippen molar-refractivity contribution in [1.29, 1.82) is 0 Å². The minimum Gasteiger partial charge on any atom is -0.472 e. The summed E-state index contributed by atoms with van der Waals surface area (Å²) in [7, 11) is 0. The van der Waals surface area contributed by atoms with Crippen LogP contribution in [0.25, 0.3) is 0 Å². The summed E-state index contributed by atoms with van der Waals surface area (Å²) in [5.74, 6) is 14.8. The first-order valence-electron chi connectivity index (χ1n) is 21.4. The summed E-state index contributed by atoms with van der Waals surface area (Å²) in [5.41, 5.74) is 0. The van der Waals surface area contributed by atoms with E-state index in [1.807, 2.05) is 18.1 Å². The lowest BCUT2D eigenvalue weighted by atomic mass is 10.0. The molecular formula is C47H72O12. The van der Waals surface area contributed by atoms with Crippen LogP contribution in [-0.4, -0.2) is 118 Å². The Bertz CT molecular complexity index is 1400. The number of allylic oxidation sites excluding steroid dienone is 1. The number of aliphatic carboxylic acids is 1. The van der Waals surface area contributed by atoms with Crippen molar-refractivity contribution in [2.45, 2.75) is 209 Å². The number of terminal acetylenes is 1. The second kappa shape index (κ2) is 37.5. The number of ketones is 1. The van der Waals surface area contributed by atoms with Crippen LogP contribution in [0.4, 0.5) is 0 Å². The van der Waals surface area contributed by atoms with E-state index in [9.17, 15) is 55.5 Å². The van der Waals surface area contributed by atoms with E-state index in [2.05, 4.69) is 29.6 Å². The molecule has 0 aromatic rings. The number of Topliss-reactive ketones (excluding diaryl/α,β-unsaturated/α-hetero) is 1. The molecule has 0 aromatic heterocycles. The largest absolute Gasteiger partial charge is 0.472 e. The Morgan fingerprint density at radius 1 is 0.559 bits per heavy atom. The summed E-state index contributed by atoms with van der Waals surface area (Å²) in [5, 5.41) is 97.2. The van der Waals surface area contributed by atoms with Gasteiger partial charge in [-0.25, -0.2) is 4.79 Å². The van der Waals surface area contributed by atoms with Gasteiger partial charge in [0.25, 0.3) is 0 Å². The summed E-state index contributed by atoms with van der Waals surface area (Å²) in [6.07, 6.45) is 20.2. The normalized spacial score (nSPS) is 15.9. The Balaban J connectivity index is 3.80.